The second kappa shape index (κ2) is 6.14. The molecule has 0 unspecified atom stereocenters. The summed E-state index contributed by atoms with van der Waals surface area (Å²) in [6.07, 6.45) is 1.29. The summed E-state index contributed by atoms with van der Waals surface area (Å²) >= 11 is 2.42. The molecule has 2 aromatic rings. The van der Waals surface area contributed by atoms with E-state index < -0.39 is 16.0 Å². The number of carbonyl (C=O) groups is 1. The number of carboxylic acid groups (broad SMARTS) is 1. The van der Waals surface area contributed by atoms with E-state index in [4.69, 9.17) is 5.11 Å². The van der Waals surface area contributed by atoms with Crippen LogP contribution in [0.4, 0.5) is 0 Å². The quantitative estimate of drug-likeness (QED) is 0.895. The van der Waals surface area contributed by atoms with Crippen molar-refractivity contribution in [2.75, 3.05) is 14.1 Å². The zero-order valence-electron chi connectivity index (χ0n) is 11.2. The molecule has 0 fully saturated rings. The van der Waals surface area contributed by atoms with E-state index in [9.17, 15) is 13.2 Å². The van der Waals surface area contributed by atoms with Crippen molar-refractivity contribution in [1.29, 1.82) is 0 Å². The number of sulfonamides is 1. The summed E-state index contributed by atoms with van der Waals surface area (Å²) in [7, 11) is -0.577. The molecule has 6 nitrogen and oxygen atoms in total. The average Bonchev–Trinajstić information content (AvgIpc) is 2.88. The fourth-order valence-corrected chi connectivity index (χ4v) is 3.92. The standard InChI is InChI=1S/C12H12N2O4S3/c1-14(2)21(17,18)9-3-4-11(13-6-9)20-8-5-10(12(15)16)19-7-8/h3-7H,1-2H3,(H,15,16). The summed E-state index contributed by atoms with van der Waals surface area (Å²) in [4.78, 5) is 16.0. The van der Waals surface area contributed by atoms with E-state index in [-0.39, 0.29) is 9.77 Å². The van der Waals surface area contributed by atoms with E-state index in [0.29, 0.717) is 5.03 Å². The molecule has 2 heterocycles. The first kappa shape index (κ1) is 16.0. The first-order valence-corrected chi connectivity index (χ1v) is 8.82. The summed E-state index contributed by atoms with van der Waals surface area (Å²) < 4.78 is 24.9. The van der Waals surface area contributed by atoms with Crippen molar-refractivity contribution in [2.45, 2.75) is 14.8 Å². The minimum absolute atomic E-state index is 0.119. The first-order chi connectivity index (χ1) is 9.80. The van der Waals surface area contributed by atoms with Crippen molar-refractivity contribution >= 4 is 39.1 Å². The minimum atomic E-state index is -3.49. The fraction of sp³-hybridized carbons (Fsp3) is 0.167. The lowest BCUT2D eigenvalue weighted by Crippen LogP contribution is -2.22. The molecule has 0 aliphatic carbocycles. The summed E-state index contributed by atoms with van der Waals surface area (Å²) in [5.41, 5.74) is 0. The fourth-order valence-electron chi connectivity index (χ4n) is 1.40. The van der Waals surface area contributed by atoms with Crippen LogP contribution in [0.5, 0.6) is 0 Å². The molecule has 112 valence electrons. The van der Waals surface area contributed by atoms with Gasteiger partial charge in [0.05, 0.1) is 0 Å². The van der Waals surface area contributed by atoms with E-state index in [1.807, 2.05) is 0 Å². The second-order valence-corrected chi connectivity index (χ2v) is 8.33. The average molecular weight is 344 g/mol. The van der Waals surface area contributed by atoms with Gasteiger partial charge in [0, 0.05) is 30.6 Å². The van der Waals surface area contributed by atoms with E-state index in [2.05, 4.69) is 4.98 Å². The predicted molar refractivity (Wildman–Crippen MR) is 80.5 cm³/mol. The maximum absolute atomic E-state index is 11.9. The highest BCUT2D eigenvalue weighted by atomic mass is 32.2. The minimum Gasteiger partial charge on any atom is -0.477 e. The van der Waals surface area contributed by atoms with Crippen LogP contribution in [0, 0.1) is 0 Å². The molecule has 0 saturated carbocycles. The molecular formula is C12H12N2O4S3. The molecule has 0 atom stereocenters. The molecule has 9 heteroatoms. The Balaban J connectivity index is 2.18. The maximum Gasteiger partial charge on any atom is 0.345 e. The Morgan fingerprint density at radius 1 is 1.38 bits per heavy atom. The zero-order valence-corrected chi connectivity index (χ0v) is 13.6. The van der Waals surface area contributed by atoms with Gasteiger partial charge >= 0.3 is 5.97 Å². The van der Waals surface area contributed by atoms with Gasteiger partial charge in [-0.3, -0.25) is 0 Å². The van der Waals surface area contributed by atoms with Crippen molar-refractivity contribution in [3.8, 4) is 0 Å². The lowest BCUT2D eigenvalue weighted by molar-refractivity contribution is 0.0702. The molecule has 2 rings (SSSR count). The highest BCUT2D eigenvalue weighted by Gasteiger charge is 2.17. The zero-order chi connectivity index (χ0) is 15.6. The lowest BCUT2D eigenvalue weighted by atomic mass is 10.5. The molecule has 2 aromatic heterocycles. The highest BCUT2D eigenvalue weighted by Crippen LogP contribution is 2.30. The Hall–Kier alpha value is -1.42. The molecule has 1 N–H and O–H groups in total. The molecule has 0 aromatic carbocycles. The van der Waals surface area contributed by atoms with Crippen LogP contribution in [0.15, 0.2) is 44.6 Å². The van der Waals surface area contributed by atoms with Crippen molar-refractivity contribution in [3.63, 3.8) is 0 Å². The SMILES string of the molecule is CN(C)S(=O)(=O)c1ccc(Sc2csc(C(=O)O)c2)nc1. The third kappa shape index (κ3) is 3.62. The smallest absolute Gasteiger partial charge is 0.345 e. The number of carboxylic acids is 1. The van der Waals surface area contributed by atoms with E-state index in [1.165, 1.54) is 38.1 Å². The molecule has 0 bridgehead atoms. The number of hydrogen-bond donors (Lipinski definition) is 1. The number of rotatable bonds is 5. The van der Waals surface area contributed by atoms with Gasteiger partial charge in [-0.25, -0.2) is 22.5 Å². The van der Waals surface area contributed by atoms with Crippen LogP contribution in [0.3, 0.4) is 0 Å². The van der Waals surface area contributed by atoms with Crippen molar-refractivity contribution in [3.05, 3.63) is 34.7 Å². The van der Waals surface area contributed by atoms with Gasteiger partial charge in [0.2, 0.25) is 10.0 Å². The molecular weight excluding hydrogens is 332 g/mol. The number of hydrogen-bond acceptors (Lipinski definition) is 6. The van der Waals surface area contributed by atoms with E-state index in [0.717, 1.165) is 20.5 Å². The third-order valence-corrected chi connectivity index (χ3v) is 6.28. The van der Waals surface area contributed by atoms with Crippen LogP contribution < -0.4 is 0 Å². The van der Waals surface area contributed by atoms with Crippen molar-refractivity contribution < 1.29 is 18.3 Å². The first-order valence-electron chi connectivity index (χ1n) is 5.69. The van der Waals surface area contributed by atoms with Crippen LogP contribution >= 0.6 is 23.1 Å². The van der Waals surface area contributed by atoms with Gasteiger partial charge in [-0.15, -0.1) is 11.3 Å². The highest BCUT2D eigenvalue weighted by molar-refractivity contribution is 7.99. The normalized spacial score (nSPS) is 11.8. The largest absolute Gasteiger partial charge is 0.477 e. The second-order valence-electron chi connectivity index (χ2n) is 4.17. The Morgan fingerprint density at radius 3 is 2.57 bits per heavy atom. The number of aromatic nitrogens is 1. The topological polar surface area (TPSA) is 87.6 Å². The summed E-state index contributed by atoms with van der Waals surface area (Å²) in [5, 5.41) is 11.2. The van der Waals surface area contributed by atoms with E-state index in [1.54, 1.807) is 17.5 Å². The molecule has 0 amide bonds. The third-order valence-electron chi connectivity index (χ3n) is 2.50. The van der Waals surface area contributed by atoms with Crippen LogP contribution in [0.2, 0.25) is 0 Å². The van der Waals surface area contributed by atoms with Gasteiger partial charge in [0.15, 0.2) is 0 Å². The Labute approximate surface area is 130 Å². The van der Waals surface area contributed by atoms with Crippen molar-refractivity contribution in [1.82, 2.24) is 9.29 Å². The van der Waals surface area contributed by atoms with Gasteiger partial charge in [0.25, 0.3) is 0 Å². The molecule has 0 radical (unpaired) electrons. The number of aromatic carboxylic acids is 1. The van der Waals surface area contributed by atoms with Crippen LogP contribution in [-0.4, -0.2) is 42.9 Å². The number of pyridine rings is 1. The van der Waals surface area contributed by atoms with Gasteiger partial charge in [-0.2, -0.15) is 0 Å². The van der Waals surface area contributed by atoms with Gasteiger partial charge < -0.3 is 5.11 Å². The molecule has 0 aliphatic heterocycles. The Morgan fingerprint density at radius 2 is 2.10 bits per heavy atom. The Bertz CT molecular complexity index is 751. The number of nitrogens with zero attached hydrogens (tertiary/aromatic N) is 2. The van der Waals surface area contributed by atoms with Gasteiger partial charge in [0.1, 0.15) is 14.8 Å². The monoisotopic (exact) mass is 344 g/mol. The van der Waals surface area contributed by atoms with Crippen molar-refractivity contribution in [2.24, 2.45) is 0 Å². The summed E-state index contributed by atoms with van der Waals surface area (Å²) in [6.45, 7) is 0. The summed E-state index contributed by atoms with van der Waals surface area (Å²) in [5.74, 6) is -0.966. The van der Waals surface area contributed by atoms with Gasteiger partial charge in [-0.05, 0) is 18.2 Å². The molecule has 21 heavy (non-hydrogen) atoms. The molecule has 0 aliphatic rings. The van der Waals surface area contributed by atoms with Crippen LogP contribution in [0.1, 0.15) is 9.67 Å². The molecule has 0 saturated heterocycles. The Kier molecular flexibility index (Phi) is 4.67. The predicted octanol–water partition coefficient (Wildman–Crippen LogP) is 2.24. The molecule has 0 spiro atoms. The van der Waals surface area contributed by atoms with Gasteiger partial charge in [-0.1, -0.05) is 11.8 Å². The summed E-state index contributed by atoms with van der Waals surface area (Å²) in [6, 6.07) is 4.64. The maximum atomic E-state index is 11.9. The lowest BCUT2D eigenvalue weighted by Gasteiger charge is -2.10. The van der Waals surface area contributed by atoms with Crippen LogP contribution in [-0.2, 0) is 10.0 Å². The van der Waals surface area contributed by atoms with Crippen LogP contribution in [0.25, 0.3) is 0 Å². The van der Waals surface area contributed by atoms with E-state index >= 15 is 0 Å². The number of thiophene rings is 1.